The van der Waals surface area contributed by atoms with Crippen molar-refractivity contribution in [2.75, 3.05) is 7.11 Å². The van der Waals surface area contributed by atoms with Gasteiger partial charge in [-0.15, -0.1) is 0 Å². The summed E-state index contributed by atoms with van der Waals surface area (Å²) in [6, 6.07) is 0. The molecule has 3 rings (SSSR count). The van der Waals surface area contributed by atoms with Gasteiger partial charge in [-0.25, -0.2) is 0 Å². The van der Waals surface area contributed by atoms with Crippen LogP contribution in [0.25, 0.3) is 0 Å². The first-order valence-electron chi connectivity index (χ1n) is 7.27. The summed E-state index contributed by atoms with van der Waals surface area (Å²) in [5, 5.41) is 13.1. The third-order valence-corrected chi connectivity index (χ3v) is 4.78. The van der Waals surface area contributed by atoms with Gasteiger partial charge in [0.25, 0.3) is 0 Å². The Balaban J connectivity index is 1.76. The van der Waals surface area contributed by atoms with Gasteiger partial charge in [0.15, 0.2) is 0 Å². The van der Waals surface area contributed by atoms with Crippen LogP contribution in [0.15, 0.2) is 4.52 Å². The first-order chi connectivity index (χ1) is 9.64. The molecule has 6 nitrogen and oxygen atoms in total. The normalized spacial score (nSPS) is 28.9. The number of nitrogens with zero attached hydrogens (tertiary/aromatic N) is 2. The average Bonchev–Trinajstić information content (AvgIpc) is 3.18. The summed E-state index contributed by atoms with van der Waals surface area (Å²) in [6.45, 7) is 0. The fraction of sp³-hybridized carbons (Fsp3) is 0.786. The van der Waals surface area contributed by atoms with Gasteiger partial charge in [-0.3, -0.25) is 4.79 Å². The molecule has 2 saturated carbocycles. The van der Waals surface area contributed by atoms with Crippen molar-refractivity contribution in [1.82, 2.24) is 10.1 Å². The minimum atomic E-state index is -0.726. The fourth-order valence-corrected chi connectivity index (χ4v) is 3.48. The third kappa shape index (κ3) is 2.22. The van der Waals surface area contributed by atoms with E-state index < -0.39 is 11.6 Å². The second-order valence-electron chi connectivity index (χ2n) is 5.91. The number of carboxylic acids is 1. The summed E-state index contributed by atoms with van der Waals surface area (Å²) in [6.07, 6.45) is 6.16. The number of carboxylic acid groups (broad SMARTS) is 1. The number of aliphatic carboxylic acids is 1. The summed E-state index contributed by atoms with van der Waals surface area (Å²) < 4.78 is 11.0. The van der Waals surface area contributed by atoms with Gasteiger partial charge in [-0.1, -0.05) is 5.16 Å². The van der Waals surface area contributed by atoms with Crippen molar-refractivity contribution >= 4 is 5.97 Å². The van der Waals surface area contributed by atoms with Gasteiger partial charge in [0.05, 0.1) is 5.92 Å². The SMILES string of the molecule is COC1(c2noc(C3CCC(C(=O)O)C3)n2)CCCC1. The van der Waals surface area contributed by atoms with Crippen molar-refractivity contribution in [3.05, 3.63) is 11.7 Å². The summed E-state index contributed by atoms with van der Waals surface area (Å²) in [4.78, 5) is 15.5. The molecular formula is C14H20N2O4. The van der Waals surface area contributed by atoms with E-state index in [1.165, 1.54) is 0 Å². The highest BCUT2D eigenvalue weighted by atomic mass is 16.5. The van der Waals surface area contributed by atoms with E-state index in [-0.39, 0.29) is 11.8 Å². The quantitative estimate of drug-likeness (QED) is 0.911. The highest BCUT2D eigenvalue weighted by molar-refractivity contribution is 5.70. The van der Waals surface area contributed by atoms with Crippen LogP contribution in [0.1, 0.15) is 62.6 Å². The number of rotatable bonds is 4. The highest BCUT2D eigenvalue weighted by Crippen LogP contribution is 2.42. The Morgan fingerprint density at radius 1 is 1.40 bits per heavy atom. The van der Waals surface area contributed by atoms with Gasteiger partial charge in [0.1, 0.15) is 5.60 Å². The minimum Gasteiger partial charge on any atom is -0.481 e. The molecule has 1 aromatic rings. The molecule has 0 amide bonds. The number of hydrogen-bond donors (Lipinski definition) is 1. The van der Waals surface area contributed by atoms with Gasteiger partial charge < -0.3 is 14.4 Å². The molecule has 1 aromatic heterocycles. The lowest BCUT2D eigenvalue weighted by atomic mass is 10.0. The summed E-state index contributed by atoms with van der Waals surface area (Å²) >= 11 is 0. The molecule has 0 bridgehead atoms. The molecule has 2 aliphatic carbocycles. The summed E-state index contributed by atoms with van der Waals surface area (Å²) in [5.74, 6) is 0.278. The zero-order valence-corrected chi connectivity index (χ0v) is 11.7. The van der Waals surface area contributed by atoms with Crippen molar-refractivity contribution in [3.8, 4) is 0 Å². The van der Waals surface area contributed by atoms with Gasteiger partial charge in [-0.05, 0) is 44.9 Å². The Morgan fingerprint density at radius 3 is 2.75 bits per heavy atom. The lowest BCUT2D eigenvalue weighted by molar-refractivity contribution is -0.141. The Kier molecular flexibility index (Phi) is 3.50. The monoisotopic (exact) mass is 280 g/mol. The van der Waals surface area contributed by atoms with E-state index in [1.54, 1.807) is 7.11 Å². The van der Waals surface area contributed by atoms with E-state index >= 15 is 0 Å². The Bertz CT molecular complexity index is 493. The van der Waals surface area contributed by atoms with Crippen molar-refractivity contribution in [2.24, 2.45) is 5.92 Å². The largest absolute Gasteiger partial charge is 0.481 e. The van der Waals surface area contributed by atoms with Crippen molar-refractivity contribution in [1.29, 1.82) is 0 Å². The molecule has 1 N–H and O–H groups in total. The molecule has 1 heterocycles. The average molecular weight is 280 g/mol. The van der Waals surface area contributed by atoms with E-state index in [0.29, 0.717) is 24.6 Å². The summed E-state index contributed by atoms with van der Waals surface area (Å²) in [7, 11) is 1.69. The second kappa shape index (κ2) is 5.16. The highest BCUT2D eigenvalue weighted by Gasteiger charge is 2.41. The van der Waals surface area contributed by atoms with E-state index in [4.69, 9.17) is 14.4 Å². The maximum Gasteiger partial charge on any atom is 0.306 e. The van der Waals surface area contributed by atoms with Crippen LogP contribution in [0.4, 0.5) is 0 Å². The standard InChI is InChI=1S/C14H20N2O4/c1-19-14(6-2-3-7-14)13-15-11(20-16-13)9-4-5-10(8-9)12(17)18/h9-10H,2-8H2,1H3,(H,17,18). The van der Waals surface area contributed by atoms with Crippen LogP contribution in [0.5, 0.6) is 0 Å². The number of hydrogen-bond acceptors (Lipinski definition) is 5. The minimum absolute atomic E-state index is 0.0765. The maximum absolute atomic E-state index is 11.0. The van der Waals surface area contributed by atoms with Crippen molar-refractivity contribution < 1.29 is 19.2 Å². The van der Waals surface area contributed by atoms with Crippen LogP contribution in [0.3, 0.4) is 0 Å². The molecule has 110 valence electrons. The van der Waals surface area contributed by atoms with Crippen molar-refractivity contribution in [2.45, 2.75) is 56.5 Å². The molecule has 6 heteroatoms. The van der Waals surface area contributed by atoms with Gasteiger partial charge in [-0.2, -0.15) is 4.98 Å². The molecule has 2 aliphatic rings. The van der Waals surface area contributed by atoms with Gasteiger partial charge in [0, 0.05) is 13.0 Å². The van der Waals surface area contributed by atoms with Crippen LogP contribution in [-0.2, 0) is 15.1 Å². The molecule has 0 aliphatic heterocycles. The zero-order valence-electron chi connectivity index (χ0n) is 11.7. The number of carbonyl (C=O) groups is 1. The predicted molar refractivity (Wildman–Crippen MR) is 69.2 cm³/mol. The molecular weight excluding hydrogens is 260 g/mol. The Morgan fingerprint density at radius 2 is 2.15 bits per heavy atom. The van der Waals surface area contributed by atoms with Gasteiger partial charge in [0.2, 0.25) is 11.7 Å². The number of methoxy groups -OCH3 is 1. The van der Waals surface area contributed by atoms with Crippen LogP contribution in [0.2, 0.25) is 0 Å². The van der Waals surface area contributed by atoms with Crippen LogP contribution >= 0.6 is 0 Å². The van der Waals surface area contributed by atoms with Crippen LogP contribution in [0, 0.1) is 5.92 Å². The topological polar surface area (TPSA) is 85.5 Å². The lowest BCUT2D eigenvalue weighted by Gasteiger charge is -2.22. The Hall–Kier alpha value is -1.43. The summed E-state index contributed by atoms with van der Waals surface area (Å²) in [5.41, 5.74) is -0.396. The predicted octanol–water partition coefficient (Wildman–Crippen LogP) is 2.45. The molecule has 0 saturated heterocycles. The smallest absolute Gasteiger partial charge is 0.306 e. The van der Waals surface area contributed by atoms with E-state index in [2.05, 4.69) is 10.1 Å². The van der Waals surface area contributed by atoms with E-state index in [1.807, 2.05) is 0 Å². The zero-order chi connectivity index (χ0) is 14.2. The third-order valence-electron chi connectivity index (χ3n) is 4.78. The van der Waals surface area contributed by atoms with E-state index in [9.17, 15) is 4.79 Å². The lowest BCUT2D eigenvalue weighted by Crippen LogP contribution is -2.26. The molecule has 2 fully saturated rings. The van der Waals surface area contributed by atoms with Crippen LogP contribution in [-0.4, -0.2) is 28.3 Å². The maximum atomic E-state index is 11.0. The molecule has 2 atom stereocenters. The molecule has 0 radical (unpaired) electrons. The molecule has 2 unspecified atom stereocenters. The number of ether oxygens (including phenoxy) is 1. The van der Waals surface area contributed by atoms with Gasteiger partial charge >= 0.3 is 5.97 Å². The Labute approximate surface area is 117 Å². The fourth-order valence-electron chi connectivity index (χ4n) is 3.48. The van der Waals surface area contributed by atoms with E-state index in [0.717, 1.165) is 32.1 Å². The first kappa shape index (κ1) is 13.5. The molecule has 0 spiro atoms. The number of aromatic nitrogens is 2. The molecule has 20 heavy (non-hydrogen) atoms. The van der Waals surface area contributed by atoms with Crippen molar-refractivity contribution in [3.63, 3.8) is 0 Å². The molecule has 0 aromatic carbocycles. The van der Waals surface area contributed by atoms with Crippen LogP contribution < -0.4 is 0 Å². The second-order valence-corrected chi connectivity index (χ2v) is 5.91. The first-order valence-corrected chi connectivity index (χ1v) is 7.27.